The van der Waals surface area contributed by atoms with Crippen molar-refractivity contribution in [2.24, 2.45) is 0 Å². The molecule has 0 heterocycles. The minimum absolute atomic E-state index is 0.0102. The van der Waals surface area contributed by atoms with Crippen LogP contribution < -0.4 is 5.32 Å². The Morgan fingerprint density at radius 2 is 1.91 bits per heavy atom. The minimum Gasteiger partial charge on any atom is -0.350 e. The zero-order valence-corrected chi connectivity index (χ0v) is 14.6. The molecule has 0 fully saturated rings. The highest BCUT2D eigenvalue weighted by Gasteiger charge is 2.16. The first-order valence-electron chi connectivity index (χ1n) is 6.78. The topological polar surface area (TPSA) is 49.4 Å². The highest BCUT2D eigenvalue weighted by atomic mass is 35.5. The number of benzene rings is 1. The number of hydrogen-bond acceptors (Lipinski definition) is 2. The van der Waals surface area contributed by atoms with Crippen molar-refractivity contribution in [3.63, 3.8) is 0 Å². The van der Waals surface area contributed by atoms with Crippen molar-refractivity contribution in [2.45, 2.75) is 26.3 Å². The van der Waals surface area contributed by atoms with Gasteiger partial charge in [0.05, 0.1) is 16.6 Å². The molecule has 1 N–H and O–H groups in total. The van der Waals surface area contributed by atoms with Gasteiger partial charge in [-0.3, -0.25) is 9.59 Å². The fourth-order valence-corrected chi connectivity index (χ4v) is 2.06. The Labute approximate surface area is 141 Å². The van der Waals surface area contributed by atoms with Crippen LogP contribution in [-0.2, 0) is 9.59 Å². The van der Waals surface area contributed by atoms with E-state index >= 15 is 0 Å². The predicted molar refractivity (Wildman–Crippen MR) is 91.0 cm³/mol. The first kappa shape index (κ1) is 18.5. The summed E-state index contributed by atoms with van der Waals surface area (Å²) in [6.45, 7) is 5.64. The van der Waals surface area contributed by atoms with Gasteiger partial charge in [0.2, 0.25) is 11.8 Å². The van der Waals surface area contributed by atoms with Gasteiger partial charge < -0.3 is 10.2 Å². The van der Waals surface area contributed by atoms with Gasteiger partial charge in [-0.25, -0.2) is 0 Å². The maximum Gasteiger partial charge on any atom is 0.246 e. The van der Waals surface area contributed by atoms with Gasteiger partial charge in [-0.2, -0.15) is 0 Å². The molecule has 0 aliphatic heterocycles. The van der Waals surface area contributed by atoms with Crippen LogP contribution in [0, 0.1) is 0 Å². The largest absolute Gasteiger partial charge is 0.350 e. The van der Waals surface area contributed by atoms with Crippen molar-refractivity contribution in [1.82, 2.24) is 10.2 Å². The number of likely N-dealkylation sites (N-methyl/N-ethyl adjacent to an activating group) is 1. The van der Waals surface area contributed by atoms with Gasteiger partial charge in [0.15, 0.2) is 0 Å². The zero-order chi connectivity index (χ0) is 16.9. The first-order chi connectivity index (χ1) is 10.1. The van der Waals surface area contributed by atoms with Crippen LogP contribution in [0.5, 0.6) is 0 Å². The van der Waals surface area contributed by atoms with Crippen LogP contribution in [0.2, 0.25) is 10.0 Å². The molecule has 1 aromatic rings. The quantitative estimate of drug-likeness (QED) is 0.852. The molecule has 0 bridgehead atoms. The Kier molecular flexibility index (Phi) is 6.45. The van der Waals surface area contributed by atoms with Crippen molar-refractivity contribution in [3.8, 4) is 0 Å². The number of carbonyl (C=O) groups excluding carboxylic acids is 2. The van der Waals surface area contributed by atoms with Gasteiger partial charge in [-0.1, -0.05) is 35.3 Å². The van der Waals surface area contributed by atoms with E-state index in [1.165, 1.54) is 11.0 Å². The number of amides is 2. The number of nitrogens with zero attached hydrogens (tertiary/aromatic N) is 1. The lowest BCUT2D eigenvalue weighted by molar-refractivity contribution is -0.131. The average molecular weight is 343 g/mol. The zero-order valence-electron chi connectivity index (χ0n) is 13.1. The molecule has 0 unspecified atom stereocenters. The third-order valence-electron chi connectivity index (χ3n) is 2.66. The molecule has 0 radical (unpaired) electrons. The molecule has 1 rings (SSSR count). The standard InChI is InChI=1S/C16H20Cl2N2O2/c1-16(2,3)19-13(21)10-20(4)14(22)9-8-11-6-5-7-12(17)15(11)18/h5-9H,10H2,1-4H3,(H,19,21). The normalized spacial score (nSPS) is 11.5. The summed E-state index contributed by atoms with van der Waals surface area (Å²) >= 11 is 11.9. The summed E-state index contributed by atoms with van der Waals surface area (Å²) in [4.78, 5) is 25.1. The molecule has 4 nitrogen and oxygen atoms in total. The van der Waals surface area contributed by atoms with E-state index in [4.69, 9.17) is 23.2 Å². The summed E-state index contributed by atoms with van der Waals surface area (Å²) in [5, 5.41) is 3.62. The molecular formula is C16H20Cl2N2O2. The van der Waals surface area contributed by atoms with E-state index < -0.39 is 0 Å². The summed E-state index contributed by atoms with van der Waals surface area (Å²) in [5.74, 6) is -0.502. The lowest BCUT2D eigenvalue weighted by Gasteiger charge is -2.22. The molecule has 0 aromatic heterocycles. The maximum atomic E-state index is 12.0. The second kappa shape index (κ2) is 7.65. The van der Waals surface area contributed by atoms with Gasteiger partial charge in [0.25, 0.3) is 0 Å². The summed E-state index contributed by atoms with van der Waals surface area (Å²) in [6, 6.07) is 5.18. The average Bonchev–Trinajstić information content (AvgIpc) is 2.37. The summed E-state index contributed by atoms with van der Waals surface area (Å²) < 4.78 is 0. The lowest BCUT2D eigenvalue weighted by Crippen LogP contribution is -2.46. The minimum atomic E-state index is -0.328. The van der Waals surface area contributed by atoms with E-state index in [0.717, 1.165) is 0 Å². The summed E-state index contributed by atoms with van der Waals surface area (Å²) in [5.41, 5.74) is 0.320. The van der Waals surface area contributed by atoms with E-state index in [0.29, 0.717) is 15.6 Å². The van der Waals surface area contributed by atoms with Crippen LogP contribution in [0.3, 0.4) is 0 Å². The van der Waals surface area contributed by atoms with Crippen molar-refractivity contribution >= 4 is 41.1 Å². The lowest BCUT2D eigenvalue weighted by atomic mass is 10.1. The molecule has 120 valence electrons. The molecular weight excluding hydrogens is 323 g/mol. The third-order valence-corrected chi connectivity index (χ3v) is 3.49. The molecule has 22 heavy (non-hydrogen) atoms. The SMILES string of the molecule is CN(CC(=O)NC(C)(C)C)C(=O)C=Cc1cccc(Cl)c1Cl. The molecule has 0 saturated carbocycles. The highest BCUT2D eigenvalue weighted by Crippen LogP contribution is 2.26. The fraction of sp³-hybridized carbons (Fsp3) is 0.375. The Bertz CT molecular complexity index is 592. The second-order valence-electron chi connectivity index (χ2n) is 5.97. The number of halogens is 2. The summed E-state index contributed by atoms with van der Waals surface area (Å²) in [7, 11) is 1.56. The number of nitrogens with one attached hydrogen (secondary N) is 1. The highest BCUT2D eigenvalue weighted by molar-refractivity contribution is 6.42. The molecule has 0 aliphatic rings. The Hall–Kier alpha value is -1.52. The smallest absolute Gasteiger partial charge is 0.246 e. The van der Waals surface area contributed by atoms with Gasteiger partial charge in [0, 0.05) is 18.7 Å². The van der Waals surface area contributed by atoms with Crippen LogP contribution >= 0.6 is 23.2 Å². The van der Waals surface area contributed by atoms with Crippen LogP contribution in [0.4, 0.5) is 0 Å². The van der Waals surface area contributed by atoms with Gasteiger partial charge in [-0.15, -0.1) is 0 Å². The van der Waals surface area contributed by atoms with Crippen molar-refractivity contribution in [1.29, 1.82) is 0 Å². The number of rotatable bonds is 4. The van der Waals surface area contributed by atoms with E-state index in [1.807, 2.05) is 20.8 Å². The molecule has 0 spiro atoms. The van der Waals surface area contributed by atoms with Crippen molar-refractivity contribution < 1.29 is 9.59 Å². The van der Waals surface area contributed by atoms with Gasteiger partial charge >= 0.3 is 0 Å². The number of hydrogen-bond donors (Lipinski definition) is 1. The molecule has 2 amide bonds. The Morgan fingerprint density at radius 3 is 2.50 bits per heavy atom. The van der Waals surface area contributed by atoms with Gasteiger partial charge in [-0.05, 0) is 38.5 Å². The van der Waals surface area contributed by atoms with Crippen LogP contribution in [0.15, 0.2) is 24.3 Å². The molecule has 0 aliphatic carbocycles. The number of carbonyl (C=O) groups is 2. The Balaban J connectivity index is 2.66. The Morgan fingerprint density at radius 1 is 1.27 bits per heavy atom. The summed E-state index contributed by atoms with van der Waals surface area (Å²) in [6.07, 6.45) is 2.94. The van der Waals surface area contributed by atoms with E-state index in [2.05, 4.69) is 5.32 Å². The first-order valence-corrected chi connectivity index (χ1v) is 7.54. The van der Waals surface area contributed by atoms with Gasteiger partial charge in [0.1, 0.15) is 0 Å². The molecule has 1 aromatic carbocycles. The van der Waals surface area contributed by atoms with Crippen LogP contribution in [0.25, 0.3) is 6.08 Å². The monoisotopic (exact) mass is 342 g/mol. The van der Waals surface area contributed by atoms with Crippen LogP contribution in [0.1, 0.15) is 26.3 Å². The van der Waals surface area contributed by atoms with Crippen LogP contribution in [-0.4, -0.2) is 35.8 Å². The molecule has 0 atom stereocenters. The third kappa shape index (κ3) is 6.08. The molecule has 6 heteroatoms. The van der Waals surface area contributed by atoms with E-state index in [-0.39, 0.29) is 23.9 Å². The predicted octanol–water partition coefficient (Wildman–Crippen LogP) is 3.38. The molecule has 0 saturated heterocycles. The maximum absolute atomic E-state index is 12.0. The fourth-order valence-electron chi connectivity index (χ4n) is 1.69. The van der Waals surface area contributed by atoms with Crippen molar-refractivity contribution in [3.05, 3.63) is 39.9 Å². The van der Waals surface area contributed by atoms with E-state index in [9.17, 15) is 9.59 Å². The second-order valence-corrected chi connectivity index (χ2v) is 6.75. The van der Waals surface area contributed by atoms with E-state index in [1.54, 1.807) is 31.3 Å². The van der Waals surface area contributed by atoms with Crippen molar-refractivity contribution in [2.75, 3.05) is 13.6 Å².